The van der Waals surface area contributed by atoms with Gasteiger partial charge in [0.15, 0.2) is 0 Å². The Hall–Kier alpha value is -4.90. The fourth-order valence-corrected chi connectivity index (χ4v) is 11.0. The molecule has 0 atom stereocenters. The van der Waals surface area contributed by atoms with E-state index in [1.54, 1.807) is 0 Å². The molecule has 0 fully saturated rings. The molecular weight excluding hydrogens is 1270 g/mol. The van der Waals surface area contributed by atoms with E-state index in [1.165, 1.54) is 52.1 Å². The van der Waals surface area contributed by atoms with Crippen LogP contribution >= 0.6 is 0 Å². The van der Waals surface area contributed by atoms with E-state index in [9.17, 15) is 0 Å². The summed E-state index contributed by atoms with van der Waals surface area (Å²) >= 11 is 4.82. The van der Waals surface area contributed by atoms with Crippen LogP contribution in [0.5, 0.6) is 0 Å². The third-order valence-electron chi connectivity index (χ3n) is 14.0. The summed E-state index contributed by atoms with van der Waals surface area (Å²) < 4.78 is 11.4. The predicted molar refractivity (Wildman–Crippen MR) is 297 cm³/mol. The number of para-hydroxylation sites is 2. The van der Waals surface area contributed by atoms with Crippen LogP contribution in [-0.2, 0) is 86.3 Å². The summed E-state index contributed by atoms with van der Waals surface area (Å²) in [6, 6.07) is 37.0. The molecule has 400 valence electrons. The summed E-state index contributed by atoms with van der Waals surface area (Å²) in [5.41, 5.74) is 17.3. The maximum absolute atomic E-state index is 4.62. The summed E-state index contributed by atoms with van der Waals surface area (Å²) in [5.74, 6) is 0. The molecule has 4 heterocycles. The Bertz CT molecular complexity index is 2940. The molecule has 0 radical (unpaired) electrons. The van der Waals surface area contributed by atoms with Gasteiger partial charge in [0.25, 0.3) is 0 Å². The van der Waals surface area contributed by atoms with Crippen molar-refractivity contribution in [2.45, 2.75) is 183 Å². The number of aromatic nitrogens is 8. The molecular formula is C64H80N8Pt2-4. The molecule has 8 rings (SSSR count). The average molecular weight is 1350 g/mol. The first-order valence-electron chi connectivity index (χ1n) is 26.6. The van der Waals surface area contributed by atoms with Gasteiger partial charge in [0.2, 0.25) is 0 Å². The second kappa shape index (κ2) is 24.0. The molecule has 0 saturated carbocycles. The first kappa shape index (κ1) is 56.8. The molecule has 0 spiro atoms. The third kappa shape index (κ3) is 14.3. The van der Waals surface area contributed by atoms with Gasteiger partial charge in [-0.05, 0) is 21.7 Å². The summed E-state index contributed by atoms with van der Waals surface area (Å²) in [7, 11) is 0. The number of rotatable bonds is 16. The van der Waals surface area contributed by atoms with Gasteiger partial charge in [-0.3, -0.25) is 0 Å². The van der Waals surface area contributed by atoms with Crippen molar-refractivity contribution >= 4 is 0 Å². The second-order valence-corrected chi connectivity index (χ2v) is 26.2. The zero-order valence-corrected chi connectivity index (χ0v) is 51.2. The van der Waals surface area contributed by atoms with Crippen molar-refractivity contribution < 1.29 is 38.7 Å². The Morgan fingerprint density at radius 2 is 0.811 bits per heavy atom. The van der Waals surface area contributed by atoms with Crippen molar-refractivity contribution in [2.24, 2.45) is 0 Å². The van der Waals surface area contributed by atoms with Gasteiger partial charge in [-0.1, -0.05) is 95.2 Å². The van der Waals surface area contributed by atoms with Crippen molar-refractivity contribution in [3.05, 3.63) is 174 Å². The van der Waals surface area contributed by atoms with Crippen LogP contribution in [0.4, 0.5) is 0 Å². The van der Waals surface area contributed by atoms with E-state index in [0.717, 1.165) is 98.6 Å². The summed E-state index contributed by atoms with van der Waals surface area (Å²) in [6.45, 7) is 33.7. The van der Waals surface area contributed by atoms with E-state index in [-0.39, 0.29) is 21.7 Å². The fourth-order valence-electron chi connectivity index (χ4n) is 9.30. The van der Waals surface area contributed by atoms with Gasteiger partial charge in [-0.25, -0.2) is 0 Å². The minimum absolute atomic E-state index is 0.0875. The standard InChI is InChI=1S/2C32H40N4.2Pt/c2*1-24-30(25-20-26(31(2,3)4)22-27(21-25)32(5,6)7)29(34-33-24)16-12-9-13-17-35-18-19-36(23-35)28-14-10-8-11-15-28;;/h2*8,10-11,14,18-22H,9,12-13,16-17H2,1-7H3;;/q2*-2;;. The molecule has 8 aromatic rings. The predicted octanol–water partition coefficient (Wildman–Crippen LogP) is 15.0. The van der Waals surface area contributed by atoms with Crippen LogP contribution in [-0.4, -0.2) is 28.5 Å². The van der Waals surface area contributed by atoms with Gasteiger partial charge in [0.05, 0.1) is 0 Å². The Kier molecular flexibility index (Phi) is 18.4. The molecule has 0 aliphatic carbocycles. The van der Waals surface area contributed by atoms with Gasteiger partial charge >= 0.3 is 352 Å². The molecule has 4 aromatic heterocycles. The zero-order valence-electron chi connectivity index (χ0n) is 46.7. The van der Waals surface area contributed by atoms with Gasteiger partial charge in [-0.2, -0.15) is 0 Å². The normalized spacial score (nSPS) is 12.4. The van der Waals surface area contributed by atoms with E-state index >= 15 is 0 Å². The molecule has 8 nitrogen and oxygen atoms in total. The Morgan fingerprint density at radius 1 is 0.459 bits per heavy atom. The Morgan fingerprint density at radius 3 is 1.12 bits per heavy atom. The van der Waals surface area contributed by atoms with Crippen LogP contribution in [0.2, 0.25) is 0 Å². The van der Waals surface area contributed by atoms with Gasteiger partial charge in [0, 0.05) is 0 Å². The molecule has 0 saturated heterocycles. The van der Waals surface area contributed by atoms with Crippen molar-refractivity contribution in [3.8, 4) is 33.6 Å². The van der Waals surface area contributed by atoms with Crippen molar-refractivity contribution in [1.29, 1.82) is 0 Å². The van der Waals surface area contributed by atoms with Crippen LogP contribution in [0.25, 0.3) is 33.6 Å². The van der Waals surface area contributed by atoms with E-state index < -0.39 is 0 Å². The number of hydrogen-bond acceptors (Lipinski definition) is 2. The van der Waals surface area contributed by atoms with Crippen LogP contribution in [0.1, 0.15) is 167 Å². The van der Waals surface area contributed by atoms with Crippen molar-refractivity contribution in [2.75, 3.05) is 0 Å². The number of nitrogens with zero attached hydrogens (tertiary/aromatic N) is 8. The minimum atomic E-state index is 0.0875. The number of hydrogen-bond donors (Lipinski definition) is 0. The molecule has 0 aliphatic rings. The number of aryl methyl sites for hydroxylation is 6. The fraction of sp³-hybridized carbons (Fsp3) is 0.438. The van der Waals surface area contributed by atoms with E-state index in [2.05, 4.69) is 272 Å². The first-order chi connectivity index (χ1) is 34.9. The molecule has 0 N–H and O–H groups in total. The second-order valence-electron chi connectivity index (χ2n) is 24.1. The molecule has 0 unspecified atom stereocenters. The molecule has 4 aromatic carbocycles. The average Bonchev–Trinajstić information content (AvgIpc) is 4.12. The van der Waals surface area contributed by atoms with Crippen molar-refractivity contribution in [3.63, 3.8) is 0 Å². The number of imidazole rings is 2. The van der Waals surface area contributed by atoms with Crippen LogP contribution < -0.4 is 10.2 Å². The van der Waals surface area contributed by atoms with Gasteiger partial charge in [0.1, 0.15) is 0 Å². The molecule has 74 heavy (non-hydrogen) atoms. The van der Waals surface area contributed by atoms with E-state index in [0.29, 0.717) is 0 Å². The quantitative estimate of drug-likeness (QED) is 0.0714. The van der Waals surface area contributed by atoms with E-state index in [4.69, 9.17) is 0 Å². The van der Waals surface area contributed by atoms with Crippen LogP contribution in [0, 0.1) is 33.6 Å². The first-order valence-corrected chi connectivity index (χ1v) is 28.9. The zero-order chi connectivity index (χ0) is 53.6. The Labute approximate surface area is 465 Å². The summed E-state index contributed by atoms with van der Waals surface area (Å²) in [6.07, 6.45) is 17.3. The topological polar surface area (TPSA) is 73.7 Å². The van der Waals surface area contributed by atoms with Crippen LogP contribution in [0.15, 0.2) is 110 Å². The van der Waals surface area contributed by atoms with Gasteiger partial charge in [-0.15, -0.1) is 0 Å². The number of benzene rings is 4. The molecule has 10 heteroatoms. The number of unbranched alkanes of at least 4 members (excludes halogenated alkanes) is 4. The van der Waals surface area contributed by atoms with Gasteiger partial charge < -0.3 is 0 Å². The molecule has 0 amide bonds. The molecule has 0 bridgehead atoms. The summed E-state index contributed by atoms with van der Waals surface area (Å²) in [5, 5.41) is 18.3. The van der Waals surface area contributed by atoms with Crippen molar-refractivity contribution in [1.82, 2.24) is 38.7 Å². The van der Waals surface area contributed by atoms with Crippen LogP contribution in [0.3, 0.4) is 0 Å². The SMILES string of the molecule is Cc1[n-]nc(CCCCCn2ccn(-c3[c-]cccc3)[c]2=[Pt])c1-c1cc(C(C)(C)C)cc(C(C)(C)C)c1.Cc1[n-]nc(CCCCCn2ccn(-c3[c-]cccc3)[c]2=[Pt])c1-c1cc(C(C)(C)C)cc(C(C)(C)C)c1. The monoisotopic (exact) mass is 1350 g/mol. The Balaban J connectivity index is 0.000000216. The third-order valence-corrected chi connectivity index (χ3v) is 16.4. The summed E-state index contributed by atoms with van der Waals surface area (Å²) in [4.78, 5) is 0. The van der Waals surface area contributed by atoms with E-state index in [1.807, 2.05) is 24.3 Å². The molecule has 0 aliphatic heterocycles. The maximum atomic E-state index is 4.62.